The first-order chi connectivity index (χ1) is 20.4. The van der Waals surface area contributed by atoms with Gasteiger partial charge in [0.1, 0.15) is 23.8 Å². The van der Waals surface area contributed by atoms with E-state index in [1.54, 1.807) is 30.3 Å². The molecule has 0 amide bonds. The highest BCUT2D eigenvalue weighted by Crippen LogP contribution is 2.46. The number of aromatic nitrogens is 1. The SMILES string of the molecule is COC(=O)c1ccccc1N1CCC(C#Cc2ccc(OCc3c(-c4c(Cl)cccc4Cl)noc3C3CC3)cc2Cl)C1. The van der Waals surface area contributed by atoms with Gasteiger partial charge in [0.25, 0.3) is 0 Å². The van der Waals surface area contributed by atoms with Crippen molar-refractivity contribution in [2.75, 3.05) is 25.1 Å². The zero-order valence-electron chi connectivity index (χ0n) is 22.8. The first-order valence-electron chi connectivity index (χ1n) is 13.7. The van der Waals surface area contributed by atoms with Gasteiger partial charge in [-0.3, -0.25) is 0 Å². The van der Waals surface area contributed by atoms with Crippen LogP contribution in [0.2, 0.25) is 15.1 Å². The van der Waals surface area contributed by atoms with Gasteiger partial charge in [0, 0.05) is 42.1 Å². The molecule has 2 fully saturated rings. The molecule has 1 aliphatic carbocycles. The van der Waals surface area contributed by atoms with Crippen molar-refractivity contribution in [3.05, 3.63) is 98.2 Å². The first kappa shape index (κ1) is 28.5. The van der Waals surface area contributed by atoms with Gasteiger partial charge in [0.15, 0.2) is 0 Å². The number of methoxy groups -OCH3 is 1. The molecule has 4 aromatic rings. The number of ether oxygens (including phenoxy) is 2. The van der Waals surface area contributed by atoms with Gasteiger partial charge in [-0.25, -0.2) is 4.79 Å². The molecule has 0 spiro atoms. The number of hydrogen-bond donors (Lipinski definition) is 0. The fourth-order valence-electron chi connectivity index (χ4n) is 5.20. The van der Waals surface area contributed by atoms with E-state index in [1.165, 1.54) is 7.11 Å². The lowest BCUT2D eigenvalue weighted by Gasteiger charge is -2.20. The predicted octanol–water partition coefficient (Wildman–Crippen LogP) is 8.42. The lowest BCUT2D eigenvalue weighted by molar-refractivity contribution is 0.0601. The van der Waals surface area contributed by atoms with E-state index in [0.717, 1.165) is 54.9 Å². The minimum absolute atomic E-state index is 0.146. The van der Waals surface area contributed by atoms with Gasteiger partial charge in [0.05, 0.1) is 39.0 Å². The van der Waals surface area contributed by atoms with E-state index in [9.17, 15) is 4.79 Å². The van der Waals surface area contributed by atoms with Gasteiger partial charge >= 0.3 is 5.97 Å². The fourth-order valence-corrected chi connectivity index (χ4v) is 5.99. The summed E-state index contributed by atoms with van der Waals surface area (Å²) in [7, 11) is 1.39. The van der Waals surface area contributed by atoms with Crippen LogP contribution in [0, 0.1) is 17.8 Å². The van der Waals surface area contributed by atoms with E-state index < -0.39 is 0 Å². The highest BCUT2D eigenvalue weighted by atomic mass is 35.5. The second-order valence-corrected chi connectivity index (χ2v) is 11.6. The minimum atomic E-state index is -0.342. The third kappa shape index (κ3) is 5.96. The number of benzene rings is 3. The quantitative estimate of drug-likeness (QED) is 0.152. The Morgan fingerprint density at radius 2 is 1.81 bits per heavy atom. The van der Waals surface area contributed by atoms with Crippen LogP contribution >= 0.6 is 34.8 Å². The summed E-state index contributed by atoms with van der Waals surface area (Å²) in [6, 6.07) is 18.3. The number of para-hydroxylation sites is 1. The van der Waals surface area contributed by atoms with Gasteiger partial charge in [-0.2, -0.15) is 0 Å². The molecule has 0 N–H and O–H groups in total. The van der Waals surface area contributed by atoms with Crippen molar-refractivity contribution >= 4 is 46.5 Å². The second-order valence-electron chi connectivity index (χ2n) is 10.4. The number of carbonyl (C=O) groups is 1. The Kier molecular flexibility index (Phi) is 8.35. The molecule has 1 aromatic heterocycles. The van der Waals surface area contributed by atoms with E-state index >= 15 is 0 Å². The average Bonchev–Trinajstić information content (AvgIpc) is 3.58. The zero-order chi connectivity index (χ0) is 29.2. The fraction of sp³-hybridized carbons (Fsp3) is 0.273. The number of nitrogens with zero attached hydrogens (tertiary/aromatic N) is 2. The van der Waals surface area contributed by atoms with Crippen LogP contribution in [-0.2, 0) is 11.3 Å². The molecular weight excluding hydrogens is 595 g/mol. The molecule has 1 saturated heterocycles. The van der Waals surface area contributed by atoms with Crippen LogP contribution in [-0.4, -0.2) is 31.3 Å². The summed E-state index contributed by atoms with van der Waals surface area (Å²) in [5.41, 5.74) is 4.23. The Hall–Kier alpha value is -3.63. The maximum Gasteiger partial charge on any atom is 0.339 e. The third-order valence-electron chi connectivity index (χ3n) is 7.54. The molecule has 1 unspecified atom stereocenters. The van der Waals surface area contributed by atoms with Gasteiger partial charge in [-0.05, 0) is 55.7 Å². The lowest BCUT2D eigenvalue weighted by Crippen LogP contribution is -2.22. The molecule has 2 heterocycles. The average molecular weight is 622 g/mol. The maximum absolute atomic E-state index is 12.2. The Balaban J connectivity index is 1.15. The summed E-state index contributed by atoms with van der Waals surface area (Å²) in [6.45, 7) is 1.76. The van der Waals surface area contributed by atoms with Gasteiger partial charge in [0.2, 0.25) is 0 Å². The van der Waals surface area contributed by atoms with E-state index in [4.69, 9.17) is 48.8 Å². The Labute approximate surface area is 259 Å². The Bertz CT molecular complexity index is 1680. The van der Waals surface area contributed by atoms with E-state index in [1.807, 2.05) is 30.3 Å². The predicted molar refractivity (Wildman–Crippen MR) is 165 cm³/mol. The summed E-state index contributed by atoms with van der Waals surface area (Å²) in [4.78, 5) is 14.4. The van der Waals surface area contributed by atoms with Crippen molar-refractivity contribution in [2.24, 2.45) is 5.92 Å². The number of halogens is 3. The van der Waals surface area contributed by atoms with Crippen LogP contribution in [0.3, 0.4) is 0 Å². The molecule has 6 nitrogen and oxygen atoms in total. The number of hydrogen-bond acceptors (Lipinski definition) is 6. The van der Waals surface area contributed by atoms with Crippen molar-refractivity contribution in [3.8, 4) is 28.8 Å². The van der Waals surface area contributed by atoms with Crippen LogP contribution in [0.25, 0.3) is 11.3 Å². The Morgan fingerprint density at radius 1 is 1.02 bits per heavy atom. The van der Waals surface area contributed by atoms with Crippen molar-refractivity contribution in [3.63, 3.8) is 0 Å². The molecule has 1 atom stereocenters. The number of carbonyl (C=O) groups excluding carboxylic acids is 1. The van der Waals surface area contributed by atoms with Gasteiger partial charge in [-0.15, -0.1) is 0 Å². The monoisotopic (exact) mass is 620 g/mol. The van der Waals surface area contributed by atoms with Crippen LogP contribution in [0.4, 0.5) is 5.69 Å². The molecule has 42 heavy (non-hydrogen) atoms. The molecular formula is C33H27Cl3N2O4. The first-order valence-corrected chi connectivity index (χ1v) is 14.8. The largest absolute Gasteiger partial charge is 0.489 e. The van der Waals surface area contributed by atoms with Crippen LogP contribution in [0.15, 0.2) is 65.2 Å². The molecule has 1 saturated carbocycles. The topological polar surface area (TPSA) is 64.8 Å². The molecule has 0 bridgehead atoms. The molecule has 214 valence electrons. The van der Waals surface area contributed by atoms with Crippen LogP contribution in [0.1, 0.15) is 52.4 Å². The van der Waals surface area contributed by atoms with Crippen molar-refractivity contribution in [2.45, 2.75) is 31.8 Å². The highest BCUT2D eigenvalue weighted by molar-refractivity contribution is 6.39. The lowest BCUT2D eigenvalue weighted by atomic mass is 10.0. The van der Waals surface area contributed by atoms with Crippen molar-refractivity contribution in [1.29, 1.82) is 0 Å². The van der Waals surface area contributed by atoms with E-state index in [2.05, 4.69) is 21.9 Å². The van der Waals surface area contributed by atoms with Gasteiger partial charge in [-0.1, -0.05) is 70.0 Å². The summed E-state index contributed by atoms with van der Waals surface area (Å²) >= 11 is 19.6. The molecule has 9 heteroatoms. The summed E-state index contributed by atoms with van der Waals surface area (Å²) in [6.07, 6.45) is 2.99. The second kappa shape index (κ2) is 12.3. The van der Waals surface area contributed by atoms with E-state index in [-0.39, 0.29) is 18.5 Å². The summed E-state index contributed by atoms with van der Waals surface area (Å²) in [5.74, 6) is 8.15. The molecule has 0 radical (unpaired) electrons. The standard InChI is InChI=1S/C33H27Cl3N2O4/c1-40-33(39)24-5-2-3-8-29(24)38-16-15-20(18-38)9-10-21-13-14-23(17-28(21)36)41-19-25-31(37-42-32(25)22-11-12-22)30-26(34)6-4-7-27(30)35/h2-8,13-14,17,20,22H,11-12,15-16,18-19H2,1H3. The third-order valence-corrected chi connectivity index (χ3v) is 8.48. The Morgan fingerprint density at radius 3 is 2.55 bits per heavy atom. The zero-order valence-corrected chi connectivity index (χ0v) is 25.1. The van der Waals surface area contributed by atoms with Crippen molar-refractivity contribution in [1.82, 2.24) is 5.16 Å². The molecule has 1 aliphatic heterocycles. The maximum atomic E-state index is 12.2. The van der Waals surface area contributed by atoms with Crippen molar-refractivity contribution < 1.29 is 18.8 Å². The van der Waals surface area contributed by atoms with Crippen LogP contribution in [0.5, 0.6) is 5.75 Å². The smallest absolute Gasteiger partial charge is 0.339 e. The summed E-state index contributed by atoms with van der Waals surface area (Å²) in [5, 5.41) is 5.84. The molecule has 2 aliphatic rings. The summed E-state index contributed by atoms with van der Waals surface area (Å²) < 4.78 is 16.8. The van der Waals surface area contributed by atoms with E-state index in [0.29, 0.717) is 43.6 Å². The number of rotatable bonds is 7. The molecule has 3 aromatic carbocycles. The molecule has 6 rings (SSSR count). The minimum Gasteiger partial charge on any atom is -0.489 e. The number of anilines is 1. The highest BCUT2D eigenvalue weighted by Gasteiger charge is 2.33. The van der Waals surface area contributed by atoms with Gasteiger partial charge < -0.3 is 18.9 Å². The number of esters is 1. The van der Waals surface area contributed by atoms with Crippen LogP contribution < -0.4 is 9.64 Å². The normalized spacial score (nSPS) is 16.2.